The van der Waals surface area contributed by atoms with Crippen LogP contribution in [0.1, 0.15) is 28.4 Å². The highest BCUT2D eigenvalue weighted by Gasteiger charge is 2.26. The van der Waals surface area contributed by atoms with E-state index < -0.39 is 17.9 Å². The van der Waals surface area contributed by atoms with E-state index in [0.29, 0.717) is 27.6 Å². The lowest BCUT2D eigenvalue weighted by atomic mass is 9.91. The number of hydrogen-bond acceptors (Lipinski definition) is 4. The predicted octanol–water partition coefficient (Wildman–Crippen LogP) is 3.75. The normalized spacial score (nSPS) is 12.6. The van der Waals surface area contributed by atoms with Gasteiger partial charge in [0.2, 0.25) is 11.6 Å². The number of carbonyl (C=O) groups is 2. The smallest absolute Gasteiger partial charge is 0.226 e. The summed E-state index contributed by atoms with van der Waals surface area (Å²) in [5.74, 6) is -0.899. The fourth-order valence-corrected chi connectivity index (χ4v) is 3.16. The van der Waals surface area contributed by atoms with Crippen molar-refractivity contribution >= 4 is 29.0 Å². The van der Waals surface area contributed by atoms with Crippen LogP contribution in [0.3, 0.4) is 0 Å². The molecule has 6 nitrogen and oxygen atoms in total. The molecule has 152 valence electrons. The molecule has 0 radical (unpaired) electrons. The number of carbonyl (C=O) groups excluding carboxylic acids is 2. The fourth-order valence-electron chi connectivity index (χ4n) is 2.93. The van der Waals surface area contributed by atoms with E-state index in [9.17, 15) is 14.7 Å². The third kappa shape index (κ3) is 5.57. The molecule has 0 aromatic heterocycles. The Morgan fingerprint density at radius 1 is 1.31 bits per heavy atom. The molecule has 0 fully saturated rings. The maximum Gasteiger partial charge on any atom is 0.226 e. The number of ketones is 1. The number of Topliss-reactive ketones (excluding diaryl/α,β-unsaturated/α-hetero) is 1. The van der Waals surface area contributed by atoms with Gasteiger partial charge in [-0.2, -0.15) is 0 Å². The van der Waals surface area contributed by atoms with Crippen LogP contribution in [0.25, 0.3) is 4.85 Å². The van der Waals surface area contributed by atoms with Gasteiger partial charge in [0.25, 0.3) is 0 Å². The lowest BCUT2D eigenvalue weighted by molar-refractivity contribution is -0.127. The molecule has 0 aliphatic carbocycles. The van der Waals surface area contributed by atoms with Crippen LogP contribution in [-0.2, 0) is 11.2 Å². The summed E-state index contributed by atoms with van der Waals surface area (Å²) in [5, 5.41) is 13.1. The quantitative estimate of drug-likeness (QED) is 0.509. The van der Waals surface area contributed by atoms with Gasteiger partial charge in [0.15, 0.2) is 5.78 Å². The number of benzene rings is 2. The Kier molecular flexibility index (Phi) is 7.77. The highest BCUT2D eigenvalue weighted by atomic mass is 35.5. The van der Waals surface area contributed by atoms with E-state index in [-0.39, 0.29) is 18.7 Å². The summed E-state index contributed by atoms with van der Waals surface area (Å²) in [6.07, 6.45) is -0.693. The SMILES string of the molecule is [C-]#[N+]c1ccc(C[C@@H](C(=O)NCC(=O)c2cccc(OC)c2)[C@H](C)O)c(C)c1Cl. The Morgan fingerprint density at radius 3 is 2.66 bits per heavy atom. The van der Waals surface area contributed by atoms with Crippen molar-refractivity contribution in [3.05, 3.63) is 69.5 Å². The molecule has 2 N–H and O–H groups in total. The standard InChI is InChI=1S/C22H23ClN2O4/c1-13-15(8-9-19(24-3)21(13)23)11-18(14(2)26)22(28)25-12-20(27)16-6-5-7-17(10-16)29-4/h5-10,14,18,26H,11-12H2,1-2,4H3,(H,25,28)/t14-,18+/m0/s1. The zero-order valence-electron chi connectivity index (χ0n) is 16.5. The number of halogens is 1. The number of rotatable bonds is 8. The van der Waals surface area contributed by atoms with E-state index >= 15 is 0 Å². The minimum Gasteiger partial charge on any atom is -0.497 e. The minimum atomic E-state index is -0.930. The zero-order valence-corrected chi connectivity index (χ0v) is 17.3. The van der Waals surface area contributed by atoms with Gasteiger partial charge in [-0.1, -0.05) is 35.9 Å². The molecule has 0 aliphatic rings. The second kappa shape index (κ2) is 10.1. The van der Waals surface area contributed by atoms with Crippen molar-refractivity contribution in [3.63, 3.8) is 0 Å². The molecule has 0 unspecified atom stereocenters. The molecule has 1 amide bonds. The first-order chi connectivity index (χ1) is 13.8. The van der Waals surface area contributed by atoms with Crippen LogP contribution in [0.2, 0.25) is 5.02 Å². The number of hydrogen-bond donors (Lipinski definition) is 2. The number of nitrogens with one attached hydrogen (secondary N) is 1. The fraction of sp³-hybridized carbons (Fsp3) is 0.318. The predicted molar refractivity (Wildman–Crippen MR) is 112 cm³/mol. The second-order valence-corrected chi connectivity index (χ2v) is 7.10. The Morgan fingerprint density at radius 2 is 2.03 bits per heavy atom. The molecule has 2 aromatic carbocycles. The van der Waals surface area contributed by atoms with Crippen molar-refractivity contribution < 1.29 is 19.4 Å². The molecule has 29 heavy (non-hydrogen) atoms. The van der Waals surface area contributed by atoms with Crippen molar-refractivity contribution in [2.75, 3.05) is 13.7 Å². The summed E-state index contributed by atoms with van der Waals surface area (Å²) in [4.78, 5) is 28.4. The van der Waals surface area contributed by atoms with Gasteiger partial charge in [-0.3, -0.25) is 9.59 Å². The molecular weight excluding hydrogens is 392 g/mol. The summed E-state index contributed by atoms with van der Waals surface area (Å²) < 4.78 is 5.10. The molecule has 2 atom stereocenters. The van der Waals surface area contributed by atoms with Crippen LogP contribution >= 0.6 is 11.6 Å². The van der Waals surface area contributed by atoms with E-state index in [1.54, 1.807) is 43.3 Å². The first-order valence-electron chi connectivity index (χ1n) is 9.07. The van der Waals surface area contributed by atoms with Crippen molar-refractivity contribution in [3.8, 4) is 5.75 Å². The van der Waals surface area contributed by atoms with E-state index in [0.717, 1.165) is 5.56 Å². The van der Waals surface area contributed by atoms with Gasteiger partial charge >= 0.3 is 0 Å². The van der Waals surface area contributed by atoms with Crippen LogP contribution in [0.5, 0.6) is 5.75 Å². The number of aliphatic hydroxyl groups is 1. The molecule has 0 spiro atoms. The highest BCUT2D eigenvalue weighted by Crippen LogP contribution is 2.32. The zero-order chi connectivity index (χ0) is 21.6. The summed E-state index contributed by atoms with van der Waals surface area (Å²) in [6.45, 7) is 10.2. The van der Waals surface area contributed by atoms with Crippen LogP contribution < -0.4 is 10.1 Å². The van der Waals surface area contributed by atoms with Crippen LogP contribution in [-0.4, -0.2) is 36.6 Å². The molecule has 0 saturated carbocycles. The Labute approximate surface area is 175 Å². The summed E-state index contributed by atoms with van der Waals surface area (Å²) in [5.41, 5.74) is 2.24. The molecule has 2 aromatic rings. The van der Waals surface area contributed by atoms with Gasteiger partial charge in [-0.05, 0) is 43.5 Å². The Hall–Kier alpha value is -2.88. The van der Waals surface area contributed by atoms with Gasteiger partial charge < -0.3 is 15.2 Å². The monoisotopic (exact) mass is 414 g/mol. The molecule has 0 bridgehead atoms. The first-order valence-corrected chi connectivity index (χ1v) is 9.44. The molecule has 2 rings (SSSR count). The lowest BCUT2D eigenvalue weighted by Crippen LogP contribution is -2.40. The number of aliphatic hydroxyl groups excluding tert-OH is 1. The number of ether oxygens (including phenoxy) is 1. The van der Waals surface area contributed by atoms with Crippen molar-refractivity contribution in [2.45, 2.75) is 26.4 Å². The van der Waals surface area contributed by atoms with Crippen molar-refractivity contribution in [1.82, 2.24) is 5.32 Å². The Balaban J connectivity index is 2.09. The van der Waals surface area contributed by atoms with Gasteiger partial charge in [-0.15, -0.1) is 0 Å². The summed E-state index contributed by atoms with van der Waals surface area (Å²) >= 11 is 6.20. The average molecular weight is 415 g/mol. The minimum absolute atomic E-state index is 0.189. The van der Waals surface area contributed by atoms with Crippen LogP contribution in [0.4, 0.5) is 5.69 Å². The lowest BCUT2D eigenvalue weighted by Gasteiger charge is -2.21. The van der Waals surface area contributed by atoms with Crippen molar-refractivity contribution in [1.29, 1.82) is 0 Å². The van der Waals surface area contributed by atoms with E-state index in [1.165, 1.54) is 14.0 Å². The van der Waals surface area contributed by atoms with Gasteiger partial charge in [0.05, 0.1) is 37.3 Å². The summed E-state index contributed by atoms with van der Waals surface area (Å²) in [6, 6.07) is 10.0. The third-order valence-corrected chi connectivity index (χ3v) is 5.25. The Bertz CT molecular complexity index is 950. The van der Waals surface area contributed by atoms with Gasteiger partial charge in [0, 0.05) is 5.56 Å². The van der Waals surface area contributed by atoms with E-state index in [1.807, 2.05) is 0 Å². The van der Waals surface area contributed by atoms with Crippen molar-refractivity contribution in [2.24, 2.45) is 5.92 Å². The molecule has 0 aliphatic heterocycles. The van der Waals surface area contributed by atoms with Gasteiger partial charge in [0.1, 0.15) is 5.75 Å². The third-order valence-electron chi connectivity index (χ3n) is 4.77. The number of nitrogens with zero attached hydrogens (tertiary/aromatic N) is 1. The number of amides is 1. The van der Waals surface area contributed by atoms with E-state index in [4.69, 9.17) is 22.9 Å². The highest BCUT2D eigenvalue weighted by molar-refractivity contribution is 6.34. The maximum atomic E-state index is 12.6. The topological polar surface area (TPSA) is 80.0 Å². The van der Waals surface area contributed by atoms with Gasteiger partial charge in [-0.25, -0.2) is 4.85 Å². The molecule has 0 saturated heterocycles. The number of methoxy groups -OCH3 is 1. The van der Waals surface area contributed by atoms with Crippen LogP contribution in [0, 0.1) is 19.4 Å². The van der Waals surface area contributed by atoms with Crippen LogP contribution in [0.15, 0.2) is 36.4 Å². The molecular formula is C22H23ClN2O4. The molecule has 7 heteroatoms. The summed E-state index contributed by atoms with van der Waals surface area (Å²) in [7, 11) is 1.51. The molecule has 0 heterocycles. The maximum absolute atomic E-state index is 12.6. The largest absolute Gasteiger partial charge is 0.497 e. The average Bonchev–Trinajstić information content (AvgIpc) is 2.72. The van der Waals surface area contributed by atoms with E-state index in [2.05, 4.69) is 10.2 Å². The second-order valence-electron chi connectivity index (χ2n) is 6.72. The first kappa shape index (κ1) is 22.4.